The largest absolute Gasteiger partial charge is 0.462 e. The lowest BCUT2D eigenvalue weighted by Crippen LogP contribution is -2.12. The van der Waals surface area contributed by atoms with Gasteiger partial charge in [0.25, 0.3) is 0 Å². The lowest BCUT2D eigenvalue weighted by Gasteiger charge is -2.13. The lowest BCUT2D eigenvalue weighted by molar-refractivity contribution is -0.139. The van der Waals surface area contributed by atoms with Crippen molar-refractivity contribution < 1.29 is 9.53 Å². The summed E-state index contributed by atoms with van der Waals surface area (Å²) in [5, 5.41) is 2.67. The Bertz CT molecular complexity index is 466. The molecule has 1 unspecified atom stereocenters. The van der Waals surface area contributed by atoms with Crippen molar-refractivity contribution in [3.63, 3.8) is 0 Å². The molecule has 0 aliphatic carbocycles. The quantitative estimate of drug-likeness (QED) is 0.427. The molecule has 1 aromatic heterocycles. The second-order valence-electron chi connectivity index (χ2n) is 4.20. The van der Waals surface area contributed by atoms with Gasteiger partial charge in [0.15, 0.2) is 0 Å². The lowest BCUT2D eigenvalue weighted by atomic mass is 10.0. The summed E-state index contributed by atoms with van der Waals surface area (Å²) in [4.78, 5) is 10.8. The Labute approximate surface area is 134 Å². The molecule has 0 radical (unpaired) electrons. The van der Waals surface area contributed by atoms with Gasteiger partial charge in [0.2, 0.25) is 0 Å². The van der Waals surface area contributed by atoms with Gasteiger partial charge in [0.05, 0.1) is 6.61 Å². The fourth-order valence-electron chi connectivity index (χ4n) is 1.37. The van der Waals surface area contributed by atoms with Crippen LogP contribution in [0.1, 0.15) is 39.5 Å². The maximum absolute atomic E-state index is 10.8. The summed E-state index contributed by atoms with van der Waals surface area (Å²) in [6, 6.07) is 0. The molecule has 20 heavy (non-hydrogen) atoms. The molecule has 1 heterocycles. The van der Waals surface area contributed by atoms with Crippen molar-refractivity contribution in [1.82, 2.24) is 9.59 Å². The van der Waals surface area contributed by atoms with Crippen LogP contribution in [0.2, 0.25) is 0 Å². The molecule has 0 fully saturated rings. The number of nitrogens with one attached hydrogen (secondary N) is 2. The van der Waals surface area contributed by atoms with Gasteiger partial charge in [-0.3, -0.25) is 9.59 Å². The predicted molar refractivity (Wildman–Crippen MR) is 89.2 cm³/mol. The minimum atomic E-state index is -0.310. The van der Waals surface area contributed by atoms with Crippen LogP contribution in [-0.2, 0) is 9.53 Å². The molecule has 0 aliphatic rings. The van der Waals surface area contributed by atoms with Crippen molar-refractivity contribution in [1.29, 1.82) is 0 Å². The summed E-state index contributed by atoms with van der Waals surface area (Å²) < 4.78 is 9.03. The third kappa shape index (κ3) is 9.17. The maximum atomic E-state index is 10.8. The first-order valence-electron chi connectivity index (χ1n) is 6.60. The molecule has 1 rings (SSSR count). The van der Waals surface area contributed by atoms with E-state index in [0.717, 1.165) is 16.7 Å². The summed E-state index contributed by atoms with van der Waals surface area (Å²) in [6.45, 7) is 8.19. The molecular formula is C13H22N2O2S3. The molecule has 0 bridgehead atoms. The normalized spacial score (nSPS) is 11.1. The van der Waals surface area contributed by atoms with Gasteiger partial charge in [-0.25, -0.2) is 4.79 Å². The summed E-state index contributed by atoms with van der Waals surface area (Å²) in [7, 11) is 0. The van der Waals surface area contributed by atoms with Gasteiger partial charge in [-0.15, -0.1) is 0 Å². The van der Waals surface area contributed by atoms with Gasteiger partial charge in [0, 0.05) is 6.08 Å². The van der Waals surface area contributed by atoms with Crippen LogP contribution in [0.4, 0.5) is 0 Å². The number of ether oxygens (including phenoxy) is 1. The van der Waals surface area contributed by atoms with Crippen LogP contribution in [0.5, 0.6) is 0 Å². The molecule has 1 aromatic rings. The minimum absolute atomic E-state index is 0.310. The smallest absolute Gasteiger partial charge is 0.330 e. The maximum Gasteiger partial charge on any atom is 0.330 e. The summed E-state index contributed by atoms with van der Waals surface area (Å²) in [5.74, 6) is 0.207. The van der Waals surface area contributed by atoms with Gasteiger partial charge in [0.1, 0.15) is 8.46 Å². The first-order valence-corrected chi connectivity index (χ1v) is 8.23. The number of aromatic amines is 2. The average Bonchev–Trinajstić information content (AvgIpc) is 2.83. The fourth-order valence-corrected chi connectivity index (χ4v) is 2.18. The highest BCUT2D eigenvalue weighted by molar-refractivity contribution is 7.75. The van der Waals surface area contributed by atoms with E-state index in [4.69, 9.17) is 29.2 Å². The number of esters is 1. The van der Waals surface area contributed by atoms with Crippen molar-refractivity contribution in [3.05, 3.63) is 21.1 Å². The highest BCUT2D eigenvalue weighted by Crippen LogP contribution is 2.12. The molecule has 0 saturated carbocycles. The van der Waals surface area contributed by atoms with Crippen LogP contribution in [0, 0.1) is 14.4 Å². The van der Waals surface area contributed by atoms with E-state index in [2.05, 4.69) is 30.0 Å². The molecule has 0 spiro atoms. The average molecular weight is 335 g/mol. The Morgan fingerprint density at radius 2 is 2.20 bits per heavy atom. The van der Waals surface area contributed by atoms with Gasteiger partial charge in [-0.05, 0) is 23.9 Å². The summed E-state index contributed by atoms with van der Waals surface area (Å²) in [5.41, 5.74) is 0. The summed E-state index contributed by atoms with van der Waals surface area (Å²) >= 11 is 10.8. The van der Waals surface area contributed by atoms with Crippen molar-refractivity contribution >= 4 is 41.9 Å². The number of hydrogen-bond acceptors (Lipinski definition) is 5. The van der Waals surface area contributed by atoms with E-state index in [1.165, 1.54) is 30.5 Å². The highest BCUT2D eigenvalue weighted by Gasteiger charge is 2.07. The number of unbranched alkanes of at least 4 members (excludes halogenated alkanes) is 1. The van der Waals surface area contributed by atoms with E-state index < -0.39 is 0 Å². The predicted octanol–water partition coefficient (Wildman–Crippen LogP) is 4.80. The second-order valence-corrected chi connectivity index (χ2v) is 6.09. The van der Waals surface area contributed by atoms with E-state index in [-0.39, 0.29) is 5.97 Å². The third-order valence-electron chi connectivity index (χ3n) is 2.66. The zero-order valence-electron chi connectivity index (χ0n) is 11.9. The van der Waals surface area contributed by atoms with Crippen molar-refractivity contribution in [2.24, 2.45) is 5.92 Å². The van der Waals surface area contributed by atoms with Gasteiger partial charge < -0.3 is 4.74 Å². The monoisotopic (exact) mass is 334 g/mol. The van der Waals surface area contributed by atoms with E-state index in [1.807, 2.05) is 0 Å². The van der Waals surface area contributed by atoms with E-state index in [0.29, 0.717) is 17.2 Å². The van der Waals surface area contributed by atoms with Crippen molar-refractivity contribution in [2.75, 3.05) is 6.61 Å². The molecule has 0 amide bonds. The highest BCUT2D eigenvalue weighted by atomic mass is 32.2. The number of carbonyl (C=O) groups excluding carboxylic acids is 1. The number of rotatable bonds is 7. The molecule has 114 valence electrons. The minimum Gasteiger partial charge on any atom is -0.462 e. The van der Waals surface area contributed by atoms with Crippen molar-refractivity contribution in [3.8, 4) is 0 Å². The second kappa shape index (κ2) is 12.0. The summed E-state index contributed by atoms with van der Waals surface area (Å²) in [6.07, 6.45) is 5.85. The van der Waals surface area contributed by atoms with E-state index in [1.54, 1.807) is 0 Å². The van der Waals surface area contributed by atoms with Crippen LogP contribution >= 0.6 is 36.0 Å². The Kier molecular flexibility index (Phi) is 11.5. The van der Waals surface area contributed by atoms with E-state index in [9.17, 15) is 4.79 Å². The topological polar surface area (TPSA) is 57.9 Å². The van der Waals surface area contributed by atoms with Gasteiger partial charge in [-0.1, -0.05) is 64.1 Å². The molecular weight excluding hydrogens is 312 g/mol. The first-order chi connectivity index (χ1) is 9.54. The van der Waals surface area contributed by atoms with Crippen LogP contribution in [0.15, 0.2) is 12.7 Å². The van der Waals surface area contributed by atoms with Crippen molar-refractivity contribution in [2.45, 2.75) is 39.5 Å². The first kappa shape index (κ1) is 19.2. The Morgan fingerprint density at radius 1 is 1.50 bits per heavy atom. The number of hydrogen-bond donors (Lipinski definition) is 2. The van der Waals surface area contributed by atoms with Crippen LogP contribution < -0.4 is 0 Å². The van der Waals surface area contributed by atoms with E-state index >= 15 is 0 Å². The molecule has 0 saturated heterocycles. The number of aromatic nitrogens is 2. The fraction of sp³-hybridized carbons (Fsp3) is 0.615. The number of H-pyrrole nitrogens is 2. The zero-order valence-corrected chi connectivity index (χ0v) is 14.4. The number of carbonyl (C=O) groups is 1. The van der Waals surface area contributed by atoms with Crippen LogP contribution in [0.3, 0.4) is 0 Å². The van der Waals surface area contributed by atoms with Gasteiger partial charge >= 0.3 is 5.97 Å². The molecule has 2 N–H and O–H groups in total. The molecule has 7 heteroatoms. The molecule has 0 aromatic carbocycles. The van der Waals surface area contributed by atoms with Crippen LogP contribution in [-0.4, -0.2) is 22.2 Å². The Morgan fingerprint density at radius 3 is 2.55 bits per heavy atom. The molecule has 4 nitrogen and oxygen atoms in total. The molecule has 1 atom stereocenters. The third-order valence-corrected chi connectivity index (χ3v) is 4.28. The van der Waals surface area contributed by atoms with Crippen LogP contribution in [0.25, 0.3) is 0 Å². The standard InChI is InChI=1S/C11H20O2.C2H2N2S3/c1-4-7-8-10(5-2)9-13-11(12)6-3;5-1-2(6)7-4-3-1/h6,10H,3-5,7-9H2,1-2H3;4H,(H,3,5). The SMILES string of the molecule is C=CC(=O)OCC(CC)CCCC.S=c1[nH][nH]sc1=S. The zero-order chi connectivity index (χ0) is 15.4. The molecule has 0 aliphatic heterocycles. The van der Waals surface area contributed by atoms with Gasteiger partial charge in [-0.2, -0.15) is 0 Å². The Balaban J connectivity index is 0.000000428. The Hall–Kier alpha value is -0.790.